The standard InChI is InChI=1S/C13H19NO3.ClH/c1-10(15)12-6-5-11(16-4)9-13(12)17-8-7-14(2)3;/h5-6,9H,7-8H2,1-4H3;1H. The SMILES string of the molecule is COc1ccc(C(C)=O)c(OCC[NH+](C)C)c1.[Cl-]. The third-order valence-corrected chi connectivity index (χ3v) is 2.43. The molecule has 0 spiro atoms. The first kappa shape index (κ1) is 16.7. The van der Waals surface area contributed by atoms with Gasteiger partial charge in [-0.05, 0) is 19.1 Å². The Morgan fingerprint density at radius 2 is 2.00 bits per heavy atom. The molecule has 0 radical (unpaired) electrons. The van der Waals surface area contributed by atoms with Crippen LogP contribution in [-0.2, 0) is 0 Å². The highest BCUT2D eigenvalue weighted by Gasteiger charge is 2.10. The number of nitrogens with one attached hydrogen (secondary N) is 1. The Balaban J connectivity index is 0.00000289. The van der Waals surface area contributed by atoms with Crippen LogP contribution in [-0.4, -0.2) is 40.1 Å². The van der Waals surface area contributed by atoms with Gasteiger partial charge in [-0.1, -0.05) is 0 Å². The van der Waals surface area contributed by atoms with Crippen LogP contribution < -0.4 is 26.8 Å². The van der Waals surface area contributed by atoms with Gasteiger partial charge in [-0.3, -0.25) is 4.79 Å². The van der Waals surface area contributed by atoms with Crippen molar-refractivity contribution in [3.05, 3.63) is 23.8 Å². The number of hydrogen-bond acceptors (Lipinski definition) is 3. The number of rotatable bonds is 6. The zero-order valence-corrected chi connectivity index (χ0v) is 12.0. The van der Waals surface area contributed by atoms with Crippen LogP contribution in [0.1, 0.15) is 17.3 Å². The number of ketones is 1. The smallest absolute Gasteiger partial charge is 0.163 e. The molecule has 1 N–H and O–H groups in total. The molecular weight excluding hydrogens is 254 g/mol. The monoisotopic (exact) mass is 273 g/mol. The average molecular weight is 274 g/mol. The summed E-state index contributed by atoms with van der Waals surface area (Å²) in [5, 5.41) is 0. The first-order valence-electron chi connectivity index (χ1n) is 5.65. The summed E-state index contributed by atoms with van der Waals surface area (Å²) in [6.07, 6.45) is 0. The van der Waals surface area contributed by atoms with Crippen molar-refractivity contribution < 1.29 is 31.6 Å². The predicted octanol–water partition coefficient (Wildman–Crippen LogP) is -2.57. The largest absolute Gasteiger partial charge is 1.00 e. The molecule has 1 aromatic rings. The lowest BCUT2D eigenvalue weighted by Crippen LogP contribution is -3.06. The molecule has 102 valence electrons. The topological polar surface area (TPSA) is 40.0 Å². The van der Waals surface area contributed by atoms with Gasteiger partial charge in [-0.2, -0.15) is 0 Å². The van der Waals surface area contributed by atoms with Crippen LogP contribution >= 0.6 is 0 Å². The molecule has 18 heavy (non-hydrogen) atoms. The fourth-order valence-electron chi connectivity index (χ4n) is 1.41. The second-order valence-corrected chi connectivity index (χ2v) is 4.22. The second-order valence-electron chi connectivity index (χ2n) is 4.22. The van der Waals surface area contributed by atoms with Crippen LogP contribution in [0.2, 0.25) is 0 Å². The minimum Gasteiger partial charge on any atom is -1.00 e. The van der Waals surface area contributed by atoms with Crippen molar-refractivity contribution in [1.29, 1.82) is 0 Å². The van der Waals surface area contributed by atoms with Crippen LogP contribution in [0.25, 0.3) is 0 Å². The highest BCUT2D eigenvalue weighted by Crippen LogP contribution is 2.25. The van der Waals surface area contributed by atoms with E-state index in [1.54, 1.807) is 25.3 Å². The van der Waals surface area contributed by atoms with Crippen LogP contribution in [0.5, 0.6) is 11.5 Å². The quantitative estimate of drug-likeness (QED) is 0.579. The van der Waals surface area contributed by atoms with Crippen molar-refractivity contribution in [2.75, 3.05) is 34.4 Å². The lowest BCUT2D eigenvalue weighted by molar-refractivity contribution is -0.858. The fraction of sp³-hybridized carbons (Fsp3) is 0.462. The van der Waals surface area contributed by atoms with Gasteiger partial charge in [0.2, 0.25) is 0 Å². The lowest BCUT2D eigenvalue weighted by atomic mass is 10.1. The first-order valence-corrected chi connectivity index (χ1v) is 5.65. The van der Waals surface area contributed by atoms with E-state index in [9.17, 15) is 4.79 Å². The summed E-state index contributed by atoms with van der Waals surface area (Å²) in [7, 11) is 5.71. The summed E-state index contributed by atoms with van der Waals surface area (Å²) in [5.41, 5.74) is 0.597. The normalized spacial score (nSPS) is 9.83. The number of likely N-dealkylation sites (N-methyl/N-ethyl adjacent to an activating group) is 1. The van der Waals surface area contributed by atoms with Gasteiger partial charge in [0.05, 0.1) is 26.8 Å². The molecule has 0 amide bonds. The molecule has 1 aromatic carbocycles. The predicted molar refractivity (Wildman–Crippen MR) is 66.2 cm³/mol. The number of Topliss-reactive ketones (excluding diaryl/α,β-unsaturated/α-hetero) is 1. The van der Waals surface area contributed by atoms with E-state index in [1.807, 2.05) is 0 Å². The van der Waals surface area contributed by atoms with Crippen molar-refractivity contribution >= 4 is 5.78 Å². The van der Waals surface area contributed by atoms with Gasteiger partial charge in [0.25, 0.3) is 0 Å². The zero-order chi connectivity index (χ0) is 12.8. The Bertz CT molecular complexity index is 394. The van der Waals surface area contributed by atoms with E-state index in [4.69, 9.17) is 9.47 Å². The number of benzene rings is 1. The van der Waals surface area contributed by atoms with Gasteiger partial charge in [0.1, 0.15) is 24.7 Å². The molecular formula is C13H20ClNO3. The lowest BCUT2D eigenvalue weighted by Gasteiger charge is -2.12. The summed E-state index contributed by atoms with van der Waals surface area (Å²) in [5.74, 6) is 1.29. The van der Waals surface area contributed by atoms with Gasteiger partial charge < -0.3 is 26.8 Å². The number of quaternary nitrogens is 1. The molecule has 0 heterocycles. The summed E-state index contributed by atoms with van der Waals surface area (Å²) in [4.78, 5) is 12.7. The van der Waals surface area contributed by atoms with E-state index in [0.29, 0.717) is 23.7 Å². The van der Waals surface area contributed by atoms with Crippen molar-refractivity contribution in [3.8, 4) is 11.5 Å². The van der Waals surface area contributed by atoms with Crippen LogP contribution in [0.3, 0.4) is 0 Å². The van der Waals surface area contributed by atoms with E-state index >= 15 is 0 Å². The maximum absolute atomic E-state index is 11.4. The Kier molecular flexibility index (Phi) is 7.39. The number of carbonyl (C=O) groups is 1. The third kappa shape index (κ3) is 4.94. The molecule has 0 fully saturated rings. The molecule has 5 heteroatoms. The molecule has 0 atom stereocenters. The highest BCUT2D eigenvalue weighted by atomic mass is 35.5. The van der Waals surface area contributed by atoms with E-state index in [1.165, 1.54) is 11.8 Å². The van der Waals surface area contributed by atoms with Crippen molar-refractivity contribution in [3.63, 3.8) is 0 Å². The van der Waals surface area contributed by atoms with E-state index in [0.717, 1.165) is 6.54 Å². The molecule has 0 unspecified atom stereocenters. The molecule has 0 bridgehead atoms. The molecule has 1 rings (SSSR count). The van der Waals surface area contributed by atoms with E-state index < -0.39 is 0 Å². The van der Waals surface area contributed by atoms with Gasteiger partial charge in [0, 0.05) is 6.07 Å². The van der Waals surface area contributed by atoms with Crippen LogP contribution in [0, 0.1) is 0 Å². The molecule has 0 saturated carbocycles. The maximum Gasteiger partial charge on any atom is 0.163 e. The minimum atomic E-state index is -0.000136. The molecule has 0 aromatic heterocycles. The van der Waals surface area contributed by atoms with Crippen LogP contribution in [0.15, 0.2) is 18.2 Å². The van der Waals surface area contributed by atoms with E-state index in [-0.39, 0.29) is 18.2 Å². The van der Waals surface area contributed by atoms with Crippen molar-refractivity contribution in [2.45, 2.75) is 6.92 Å². The third-order valence-electron chi connectivity index (χ3n) is 2.43. The summed E-state index contributed by atoms with van der Waals surface area (Å²) in [6, 6.07) is 5.25. The summed E-state index contributed by atoms with van der Waals surface area (Å²) >= 11 is 0. The van der Waals surface area contributed by atoms with E-state index in [2.05, 4.69) is 14.1 Å². The fourth-order valence-corrected chi connectivity index (χ4v) is 1.41. The molecule has 0 aliphatic rings. The number of halogens is 1. The number of carbonyl (C=O) groups excluding carboxylic acids is 1. The molecule has 0 saturated heterocycles. The average Bonchev–Trinajstić information content (AvgIpc) is 2.28. The minimum absolute atomic E-state index is 0. The van der Waals surface area contributed by atoms with Crippen LogP contribution in [0.4, 0.5) is 0 Å². The number of methoxy groups -OCH3 is 1. The van der Waals surface area contributed by atoms with Crippen molar-refractivity contribution in [2.24, 2.45) is 0 Å². The summed E-state index contributed by atoms with van der Waals surface area (Å²) < 4.78 is 10.8. The Hall–Kier alpha value is -1.26. The Morgan fingerprint density at radius 1 is 1.33 bits per heavy atom. The number of hydrogen-bond donors (Lipinski definition) is 1. The highest BCUT2D eigenvalue weighted by molar-refractivity contribution is 5.97. The molecule has 4 nitrogen and oxygen atoms in total. The molecule has 0 aliphatic heterocycles. The van der Waals surface area contributed by atoms with Gasteiger partial charge in [-0.25, -0.2) is 0 Å². The van der Waals surface area contributed by atoms with Gasteiger partial charge >= 0.3 is 0 Å². The van der Waals surface area contributed by atoms with Gasteiger partial charge in [-0.15, -0.1) is 0 Å². The maximum atomic E-state index is 11.4. The van der Waals surface area contributed by atoms with Crippen molar-refractivity contribution in [1.82, 2.24) is 0 Å². The Morgan fingerprint density at radius 3 is 2.50 bits per heavy atom. The second kappa shape index (κ2) is 7.95. The first-order chi connectivity index (χ1) is 8.04. The zero-order valence-electron chi connectivity index (χ0n) is 11.2. The number of ether oxygens (including phenoxy) is 2. The molecule has 0 aliphatic carbocycles. The Labute approximate surface area is 114 Å². The van der Waals surface area contributed by atoms with Gasteiger partial charge in [0.15, 0.2) is 5.78 Å². The summed E-state index contributed by atoms with van der Waals surface area (Å²) in [6.45, 7) is 3.00.